The zero-order valence-corrected chi connectivity index (χ0v) is 10.9. The SMILES string of the molecule is CC1CCCC(NC(=O)C2(N)CCC2)(C(=O)O)C1. The molecule has 0 saturated heterocycles. The van der Waals surface area contributed by atoms with Crippen molar-refractivity contribution in [3.8, 4) is 0 Å². The highest BCUT2D eigenvalue weighted by Gasteiger charge is 2.48. The van der Waals surface area contributed by atoms with E-state index in [1.807, 2.05) is 6.92 Å². The molecule has 2 fully saturated rings. The molecule has 2 atom stereocenters. The quantitative estimate of drug-likeness (QED) is 0.701. The first-order chi connectivity index (χ1) is 8.38. The third-order valence-corrected chi connectivity index (χ3v) is 4.46. The zero-order valence-electron chi connectivity index (χ0n) is 10.9. The van der Waals surface area contributed by atoms with Gasteiger partial charge in [0.2, 0.25) is 5.91 Å². The number of hydrogen-bond acceptors (Lipinski definition) is 3. The molecule has 0 spiro atoms. The number of carbonyl (C=O) groups excluding carboxylic acids is 1. The molecule has 0 aliphatic heterocycles. The lowest BCUT2D eigenvalue weighted by molar-refractivity contribution is -0.151. The predicted molar refractivity (Wildman–Crippen MR) is 66.9 cm³/mol. The van der Waals surface area contributed by atoms with Crippen molar-refractivity contribution in [2.45, 2.75) is 62.9 Å². The minimum absolute atomic E-state index is 0.287. The molecule has 102 valence electrons. The Hall–Kier alpha value is -1.10. The van der Waals surface area contributed by atoms with Crippen LogP contribution >= 0.6 is 0 Å². The van der Waals surface area contributed by atoms with Crippen LogP contribution in [0.5, 0.6) is 0 Å². The average molecular weight is 254 g/mol. The van der Waals surface area contributed by atoms with Crippen molar-refractivity contribution in [1.82, 2.24) is 5.32 Å². The van der Waals surface area contributed by atoms with Gasteiger partial charge in [-0.1, -0.05) is 19.8 Å². The van der Waals surface area contributed by atoms with Crippen molar-refractivity contribution in [1.29, 1.82) is 0 Å². The Bertz CT molecular complexity index is 365. The van der Waals surface area contributed by atoms with Gasteiger partial charge in [-0.15, -0.1) is 0 Å². The molecule has 0 aromatic heterocycles. The summed E-state index contributed by atoms with van der Waals surface area (Å²) in [7, 11) is 0. The van der Waals surface area contributed by atoms with Gasteiger partial charge in [0, 0.05) is 0 Å². The molecule has 0 aromatic rings. The molecule has 0 aromatic carbocycles. The molecule has 0 radical (unpaired) electrons. The number of carbonyl (C=O) groups is 2. The van der Waals surface area contributed by atoms with Crippen LogP contribution in [0.1, 0.15) is 51.9 Å². The molecule has 1 amide bonds. The standard InChI is InChI=1S/C13H22N2O3/c1-9-4-2-7-13(8-9,11(17)18)15-10(16)12(14)5-3-6-12/h9H,2-8,14H2,1H3,(H,15,16)(H,17,18). The first kappa shape index (κ1) is 13.3. The number of hydrogen-bond donors (Lipinski definition) is 3. The van der Waals surface area contributed by atoms with Gasteiger partial charge < -0.3 is 16.2 Å². The number of nitrogens with two attached hydrogens (primary N) is 1. The molecule has 5 nitrogen and oxygen atoms in total. The van der Waals surface area contributed by atoms with Crippen LogP contribution < -0.4 is 11.1 Å². The minimum Gasteiger partial charge on any atom is -0.480 e. The monoisotopic (exact) mass is 254 g/mol. The van der Waals surface area contributed by atoms with Gasteiger partial charge in [0.25, 0.3) is 0 Å². The van der Waals surface area contributed by atoms with E-state index in [-0.39, 0.29) is 5.91 Å². The maximum atomic E-state index is 12.1. The molecule has 18 heavy (non-hydrogen) atoms. The van der Waals surface area contributed by atoms with Crippen LogP contribution in [-0.4, -0.2) is 28.1 Å². The van der Waals surface area contributed by atoms with Gasteiger partial charge in [-0.05, 0) is 38.0 Å². The maximum absolute atomic E-state index is 12.1. The minimum atomic E-state index is -1.10. The van der Waals surface area contributed by atoms with Crippen molar-refractivity contribution in [3.63, 3.8) is 0 Å². The van der Waals surface area contributed by atoms with Crippen LogP contribution in [0.25, 0.3) is 0 Å². The molecular formula is C13H22N2O3. The molecule has 2 unspecified atom stereocenters. The van der Waals surface area contributed by atoms with Crippen molar-refractivity contribution >= 4 is 11.9 Å². The number of amides is 1. The van der Waals surface area contributed by atoms with Crippen molar-refractivity contribution in [2.75, 3.05) is 0 Å². The molecule has 2 aliphatic carbocycles. The summed E-state index contributed by atoms with van der Waals surface area (Å²) in [6.07, 6.45) is 5.14. The lowest BCUT2D eigenvalue weighted by Gasteiger charge is -2.42. The van der Waals surface area contributed by atoms with Gasteiger partial charge in [-0.25, -0.2) is 4.79 Å². The van der Waals surface area contributed by atoms with Crippen molar-refractivity contribution < 1.29 is 14.7 Å². The molecule has 2 aliphatic rings. The van der Waals surface area contributed by atoms with Gasteiger partial charge in [0.05, 0.1) is 5.54 Å². The summed E-state index contributed by atoms with van der Waals surface area (Å²) >= 11 is 0. The first-order valence-electron chi connectivity index (χ1n) is 6.73. The Morgan fingerprint density at radius 1 is 1.28 bits per heavy atom. The Morgan fingerprint density at radius 3 is 2.39 bits per heavy atom. The van der Waals surface area contributed by atoms with Gasteiger partial charge in [-0.2, -0.15) is 0 Å². The van der Waals surface area contributed by atoms with E-state index in [4.69, 9.17) is 5.73 Å². The van der Waals surface area contributed by atoms with E-state index >= 15 is 0 Å². The van der Waals surface area contributed by atoms with Gasteiger partial charge in [0.15, 0.2) is 0 Å². The van der Waals surface area contributed by atoms with Crippen molar-refractivity contribution in [2.24, 2.45) is 11.7 Å². The summed E-state index contributed by atoms with van der Waals surface area (Å²) in [5.41, 5.74) is 4.02. The summed E-state index contributed by atoms with van der Waals surface area (Å²) in [5, 5.41) is 12.2. The predicted octanol–water partition coefficient (Wildman–Crippen LogP) is 1.02. The number of carboxylic acid groups (broad SMARTS) is 1. The molecular weight excluding hydrogens is 232 g/mol. The third kappa shape index (κ3) is 2.23. The van der Waals surface area contributed by atoms with Gasteiger partial charge in [0.1, 0.15) is 5.54 Å². The van der Waals surface area contributed by atoms with E-state index < -0.39 is 17.0 Å². The Kier molecular flexibility index (Phi) is 3.36. The molecule has 2 rings (SSSR count). The Morgan fingerprint density at radius 2 is 1.94 bits per heavy atom. The highest BCUT2D eigenvalue weighted by atomic mass is 16.4. The van der Waals surface area contributed by atoms with Gasteiger partial charge >= 0.3 is 5.97 Å². The van der Waals surface area contributed by atoms with E-state index in [0.29, 0.717) is 31.6 Å². The average Bonchev–Trinajstić information content (AvgIpc) is 2.25. The topological polar surface area (TPSA) is 92.4 Å². The van der Waals surface area contributed by atoms with Crippen LogP contribution in [0.2, 0.25) is 0 Å². The first-order valence-corrected chi connectivity index (χ1v) is 6.73. The Labute approximate surface area is 107 Å². The molecule has 4 N–H and O–H groups in total. The fourth-order valence-electron chi connectivity index (χ4n) is 3.04. The van der Waals surface area contributed by atoms with E-state index in [2.05, 4.69) is 5.32 Å². The third-order valence-electron chi connectivity index (χ3n) is 4.46. The van der Waals surface area contributed by atoms with E-state index in [0.717, 1.165) is 19.3 Å². The number of rotatable bonds is 3. The Balaban J connectivity index is 2.11. The lowest BCUT2D eigenvalue weighted by Crippen LogP contribution is -2.66. The van der Waals surface area contributed by atoms with Crippen LogP contribution in [0.3, 0.4) is 0 Å². The van der Waals surface area contributed by atoms with Crippen LogP contribution in [0.4, 0.5) is 0 Å². The van der Waals surface area contributed by atoms with E-state index in [1.165, 1.54) is 0 Å². The fraction of sp³-hybridized carbons (Fsp3) is 0.846. The van der Waals surface area contributed by atoms with Crippen LogP contribution in [0.15, 0.2) is 0 Å². The molecule has 0 bridgehead atoms. The number of carboxylic acids is 1. The molecule has 5 heteroatoms. The lowest BCUT2D eigenvalue weighted by atomic mass is 9.73. The summed E-state index contributed by atoms with van der Waals surface area (Å²) in [4.78, 5) is 23.7. The number of aliphatic carboxylic acids is 1. The second-order valence-corrected chi connectivity index (χ2v) is 6.05. The van der Waals surface area contributed by atoms with Crippen LogP contribution in [-0.2, 0) is 9.59 Å². The van der Waals surface area contributed by atoms with E-state index in [1.54, 1.807) is 0 Å². The van der Waals surface area contributed by atoms with Crippen LogP contribution in [0, 0.1) is 5.92 Å². The molecule has 0 heterocycles. The summed E-state index contributed by atoms with van der Waals surface area (Å²) in [6, 6.07) is 0. The number of nitrogens with one attached hydrogen (secondary N) is 1. The van der Waals surface area contributed by atoms with Gasteiger partial charge in [-0.3, -0.25) is 4.79 Å². The smallest absolute Gasteiger partial charge is 0.329 e. The highest BCUT2D eigenvalue weighted by Crippen LogP contribution is 2.35. The molecule has 2 saturated carbocycles. The van der Waals surface area contributed by atoms with E-state index in [9.17, 15) is 14.7 Å². The second-order valence-electron chi connectivity index (χ2n) is 6.05. The highest BCUT2D eigenvalue weighted by molar-refractivity contribution is 5.92. The zero-order chi connectivity index (χ0) is 13.4. The normalized spacial score (nSPS) is 34.4. The summed E-state index contributed by atoms with van der Waals surface area (Å²) in [5.74, 6) is -0.888. The largest absolute Gasteiger partial charge is 0.480 e. The van der Waals surface area contributed by atoms with Crippen molar-refractivity contribution in [3.05, 3.63) is 0 Å². The summed E-state index contributed by atoms with van der Waals surface area (Å²) in [6.45, 7) is 2.03. The fourth-order valence-corrected chi connectivity index (χ4v) is 3.04. The second kappa shape index (κ2) is 4.53. The summed E-state index contributed by atoms with van der Waals surface area (Å²) < 4.78 is 0. The maximum Gasteiger partial charge on any atom is 0.329 e.